The van der Waals surface area contributed by atoms with Gasteiger partial charge in [-0.05, 0) is 26.0 Å². The lowest BCUT2D eigenvalue weighted by molar-refractivity contribution is 0.0978. The predicted molar refractivity (Wildman–Crippen MR) is 80.5 cm³/mol. The second-order valence-corrected chi connectivity index (χ2v) is 5.83. The van der Waals surface area contributed by atoms with E-state index in [4.69, 9.17) is 5.73 Å². The third-order valence-corrected chi connectivity index (χ3v) is 3.42. The number of carbonyl (C=O) groups excluding carboxylic acids is 1. The molecule has 0 fully saturated rings. The number of nitrogens with one attached hydrogen (secondary N) is 2. The van der Waals surface area contributed by atoms with E-state index in [9.17, 15) is 4.79 Å². The highest BCUT2D eigenvalue weighted by atomic mass is 32.2. The van der Waals surface area contributed by atoms with Gasteiger partial charge >= 0.3 is 0 Å². The number of amides is 1. The van der Waals surface area contributed by atoms with Gasteiger partial charge in [0.05, 0.1) is 17.5 Å². The summed E-state index contributed by atoms with van der Waals surface area (Å²) < 4.78 is 0. The quantitative estimate of drug-likeness (QED) is 0.785. The molecule has 1 aliphatic heterocycles. The van der Waals surface area contributed by atoms with Gasteiger partial charge in [-0.15, -0.1) is 0 Å². The zero-order chi connectivity index (χ0) is 13.8. The lowest BCUT2D eigenvalue weighted by Gasteiger charge is -2.14. The molecule has 1 amide bonds. The van der Waals surface area contributed by atoms with Crippen molar-refractivity contribution in [2.75, 3.05) is 11.9 Å². The molecule has 1 aromatic rings. The van der Waals surface area contributed by atoms with Crippen molar-refractivity contribution in [1.82, 2.24) is 5.32 Å². The topological polar surface area (TPSA) is 79.5 Å². The Morgan fingerprint density at radius 2 is 2.21 bits per heavy atom. The zero-order valence-corrected chi connectivity index (χ0v) is 11.8. The minimum atomic E-state index is -0.163. The van der Waals surface area contributed by atoms with Crippen LogP contribution in [0.15, 0.2) is 29.3 Å². The molecule has 1 aromatic carbocycles. The van der Waals surface area contributed by atoms with Gasteiger partial charge in [0.15, 0.2) is 5.17 Å². The number of aliphatic imine (C=N–C) groups is 1. The van der Waals surface area contributed by atoms with Gasteiger partial charge in [0.2, 0.25) is 0 Å². The number of anilines is 1. The van der Waals surface area contributed by atoms with E-state index in [1.165, 1.54) is 11.8 Å². The van der Waals surface area contributed by atoms with Crippen LogP contribution in [0, 0.1) is 0 Å². The van der Waals surface area contributed by atoms with E-state index >= 15 is 0 Å². The van der Waals surface area contributed by atoms with Crippen LogP contribution in [0.5, 0.6) is 0 Å². The van der Waals surface area contributed by atoms with Crippen molar-refractivity contribution in [2.45, 2.75) is 25.3 Å². The smallest absolute Gasteiger partial charge is 0.259 e. The molecule has 5 nitrogen and oxygen atoms in total. The van der Waals surface area contributed by atoms with Crippen molar-refractivity contribution < 1.29 is 4.79 Å². The molecule has 19 heavy (non-hydrogen) atoms. The van der Waals surface area contributed by atoms with Crippen LogP contribution in [0.3, 0.4) is 0 Å². The second kappa shape index (κ2) is 6.08. The van der Waals surface area contributed by atoms with Crippen LogP contribution in [0.1, 0.15) is 24.2 Å². The fourth-order valence-corrected chi connectivity index (χ4v) is 2.48. The summed E-state index contributed by atoms with van der Waals surface area (Å²) in [5.41, 5.74) is 7.15. The normalized spacial score (nSPS) is 18.3. The Morgan fingerprint density at radius 3 is 2.84 bits per heavy atom. The molecule has 0 saturated carbocycles. The van der Waals surface area contributed by atoms with E-state index < -0.39 is 0 Å². The number of nitrogens with zero attached hydrogens (tertiary/aromatic N) is 1. The van der Waals surface area contributed by atoms with Gasteiger partial charge < -0.3 is 16.4 Å². The predicted octanol–water partition coefficient (Wildman–Crippen LogP) is 1.62. The largest absolute Gasteiger partial charge is 0.382 e. The molecule has 0 saturated heterocycles. The minimum absolute atomic E-state index is 0.0562. The van der Waals surface area contributed by atoms with Gasteiger partial charge in [-0.25, -0.2) is 0 Å². The molecule has 0 spiro atoms. The SMILES string of the molecule is CC(C)Nc1ccccc1C(=O)NC1=NCC(N)S1. The lowest BCUT2D eigenvalue weighted by atomic mass is 10.1. The van der Waals surface area contributed by atoms with Crippen LogP contribution in [0.2, 0.25) is 0 Å². The number of rotatable bonds is 3. The molecule has 4 N–H and O–H groups in total. The minimum Gasteiger partial charge on any atom is -0.382 e. The van der Waals surface area contributed by atoms with Gasteiger partial charge in [0.25, 0.3) is 5.91 Å². The number of para-hydroxylation sites is 1. The Bertz CT molecular complexity index is 501. The van der Waals surface area contributed by atoms with Crippen molar-refractivity contribution in [2.24, 2.45) is 10.7 Å². The fourth-order valence-electron chi connectivity index (χ4n) is 1.74. The molecule has 1 aliphatic rings. The summed E-state index contributed by atoms with van der Waals surface area (Å²) in [6, 6.07) is 7.69. The molecule has 6 heteroatoms. The molecule has 1 heterocycles. The highest BCUT2D eigenvalue weighted by molar-refractivity contribution is 8.14. The molecule has 0 radical (unpaired) electrons. The molecule has 1 atom stereocenters. The Labute approximate surface area is 117 Å². The Balaban J connectivity index is 2.10. The molecule has 0 bridgehead atoms. The van der Waals surface area contributed by atoms with Crippen LogP contribution in [0.25, 0.3) is 0 Å². The van der Waals surface area contributed by atoms with E-state index in [1.807, 2.05) is 32.0 Å². The summed E-state index contributed by atoms with van der Waals surface area (Å²) in [6.07, 6.45) is 0. The number of hydrogen-bond donors (Lipinski definition) is 3. The first kappa shape index (κ1) is 13.9. The maximum atomic E-state index is 12.2. The van der Waals surface area contributed by atoms with Gasteiger partial charge in [0.1, 0.15) is 0 Å². The first-order valence-corrected chi connectivity index (χ1v) is 7.08. The fraction of sp³-hybridized carbons (Fsp3) is 0.385. The molecule has 2 rings (SSSR count). The lowest BCUT2D eigenvalue weighted by Crippen LogP contribution is -2.29. The number of hydrogen-bond acceptors (Lipinski definition) is 5. The van der Waals surface area contributed by atoms with Crippen LogP contribution < -0.4 is 16.4 Å². The number of nitrogens with two attached hydrogens (primary N) is 1. The highest BCUT2D eigenvalue weighted by Crippen LogP contribution is 2.18. The number of benzene rings is 1. The average Bonchev–Trinajstić information content (AvgIpc) is 2.74. The third kappa shape index (κ3) is 3.71. The number of carbonyl (C=O) groups is 1. The van der Waals surface area contributed by atoms with Gasteiger partial charge in [-0.2, -0.15) is 0 Å². The monoisotopic (exact) mass is 278 g/mol. The van der Waals surface area contributed by atoms with Crippen molar-refractivity contribution in [1.29, 1.82) is 0 Å². The first-order chi connectivity index (χ1) is 9.06. The van der Waals surface area contributed by atoms with E-state index in [2.05, 4.69) is 15.6 Å². The molecule has 0 aromatic heterocycles. The summed E-state index contributed by atoms with van der Waals surface area (Å²) in [5, 5.41) is 6.59. The first-order valence-electron chi connectivity index (χ1n) is 6.20. The summed E-state index contributed by atoms with van der Waals surface area (Å²) in [6.45, 7) is 4.61. The van der Waals surface area contributed by atoms with Crippen molar-refractivity contribution in [3.8, 4) is 0 Å². The molecule has 1 unspecified atom stereocenters. The van der Waals surface area contributed by atoms with Gasteiger partial charge in [0, 0.05) is 11.7 Å². The molecular formula is C13H18N4OS. The molecule has 0 aliphatic carbocycles. The van der Waals surface area contributed by atoms with Crippen LogP contribution in [-0.2, 0) is 0 Å². The third-order valence-electron chi connectivity index (χ3n) is 2.51. The van der Waals surface area contributed by atoms with Crippen LogP contribution >= 0.6 is 11.8 Å². The zero-order valence-electron chi connectivity index (χ0n) is 11.0. The van der Waals surface area contributed by atoms with E-state index in [-0.39, 0.29) is 17.3 Å². The van der Waals surface area contributed by atoms with Gasteiger partial charge in [-0.1, -0.05) is 23.9 Å². The van der Waals surface area contributed by atoms with E-state index in [1.54, 1.807) is 6.07 Å². The Kier molecular flexibility index (Phi) is 4.44. The number of amidine groups is 1. The van der Waals surface area contributed by atoms with Gasteiger partial charge in [-0.3, -0.25) is 9.79 Å². The van der Waals surface area contributed by atoms with Crippen molar-refractivity contribution in [3.05, 3.63) is 29.8 Å². The van der Waals surface area contributed by atoms with Crippen LogP contribution in [-0.4, -0.2) is 29.0 Å². The van der Waals surface area contributed by atoms with E-state index in [0.717, 1.165) is 5.69 Å². The summed E-state index contributed by atoms with van der Waals surface area (Å²) in [7, 11) is 0. The summed E-state index contributed by atoms with van der Waals surface area (Å²) >= 11 is 1.38. The molecule has 102 valence electrons. The summed E-state index contributed by atoms with van der Waals surface area (Å²) in [4.78, 5) is 16.4. The Morgan fingerprint density at radius 1 is 1.47 bits per heavy atom. The summed E-state index contributed by atoms with van der Waals surface area (Å²) in [5.74, 6) is -0.163. The van der Waals surface area contributed by atoms with Crippen molar-refractivity contribution in [3.63, 3.8) is 0 Å². The number of thioether (sulfide) groups is 1. The van der Waals surface area contributed by atoms with E-state index in [0.29, 0.717) is 17.3 Å². The highest BCUT2D eigenvalue weighted by Gasteiger charge is 2.19. The maximum Gasteiger partial charge on any atom is 0.259 e. The average molecular weight is 278 g/mol. The second-order valence-electron chi connectivity index (χ2n) is 4.60. The Hall–Kier alpha value is -1.53. The maximum absolute atomic E-state index is 12.2. The van der Waals surface area contributed by atoms with Crippen molar-refractivity contribution >= 4 is 28.5 Å². The van der Waals surface area contributed by atoms with Crippen LogP contribution in [0.4, 0.5) is 5.69 Å². The standard InChI is InChI=1S/C13H18N4OS/c1-8(2)16-10-6-4-3-5-9(10)12(18)17-13-15-7-11(14)19-13/h3-6,8,11,16H,7,14H2,1-2H3,(H,15,17,18). The molecular weight excluding hydrogens is 260 g/mol.